The first-order chi connectivity index (χ1) is 15.7. The molecule has 1 amide bonds. The second kappa shape index (κ2) is 11.0. The van der Waals surface area contributed by atoms with Crippen molar-refractivity contribution in [3.63, 3.8) is 0 Å². The van der Waals surface area contributed by atoms with Crippen LogP contribution in [0.25, 0.3) is 0 Å². The minimum Gasteiger partial charge on any atom is -0.351 e. The lowest BCUT2D eigenvalue weighted by atomic mass is 10.1. The molecule has 0 unspecified atom stereocenters. The molecule has 3 rings (SSSR count). The monoisotopic (exact) mass is 484 g/mol. The first kappa shape index (κ1) is 25.0. The highest BCUT2D eigenvalue weighted by molar-refractivity contribution is 7.89. The molecule has 0 bridgehead atoms. The van der Waals surface area contributed by atoms with Gasteiger partial charge in [0, 0.05) is 18.1 Å². The first-order valence-electron chi connectivity index (χ1n) is 10.8. The van der Waals surface area contributed by atoms with E-state index < -0.39 is 10.0 Å². The summed E-state index contributed by atoms with van der Waals surface area (Å²) in [4.78, 5) is 13.0. The maximum Gasteiger partial charge on any atom is 0.244 e. The van der Waals surface area contributed by atoms with Crippen molar-refractivity contribution in [1.82, 2.24) is 9.62 Å². The van der Waals surface area contributed by atoms with Gasteiger partial charge in [-0.1, -0.05) is 71.8 Å². The fourth-order valence-corrected chi connectivity index (χ4v) is 5.84. The van der Waals surface area contributed by atoms with Crippen molar-refractivity contribution in [3.05, 3.63) is 99.6 Å². The Hall–Kier alpha value is -2.67. The summed E-state index contributed by atoms with van der Waals surface area (Å²) >= 11 is 5.91. The largest absolute Gasteiger partial charge is 0.351 e. The van der Waals surface area contributed by atoms with Crippen LogP contribution in [0.4, 0.5) is 0 Å². The third kappa shape index (κ3) is 6.67. The predicted octanol–water partition coefficient (Wildman–Crippen LogP) is 4.82. The highest BCUT2D eigenvalue weighted by atomic mass is 35.5. The quantitative estimate of drug-likeness (QED) is 0.473. The topological polar surface area (TPSA) is 66.5 Å². The molecule has 0 fully saturated rings. The third-order valence-corrected chi connectivity index (χ3v) is 7.82. The molecule has 0 spiro atoms. The van der Waals surface area contributed by atoms with E-state index in [9.17, 15) is 13.2 Å². The lowest BCUT2D eigenvalue weighted by Crippen LogP contribution is -2.42. The molecule has 0 atom stereocenters. The van der Waals surface area contributed by atoms with E-state index in [0.29, 0.717) is 29.1 Å². The lowest BCUT2D eigenvalue weighted by molar-refractivity contribution is -0.121. The molecule has 174 valence electrons. The van der Waals surface area contributed by atoms with Crippen molar-refractivity contribution in [2.45, 2.75) is 38.6 Å². The van der Waals surface area contributed by atoms with Gasteiger partial charge in [-0.2, -0.15) is 4.31 Å². The van der Waals surface area contributed by atoms with Crippen LogP contribution >= 0.6 is 11.6 Å². The van der Waals surface area contributed by atoms with Gasteiger partial charge in [0.15, 0.2) is 0 Å². The van der Waals surface area contributed by atoms with Gasteiger partial charge in [0.2, 0.25) is 15.9 Å². The summed E-state index contributed by atoms with van der Waals surface area (Å²) in [6.07, 6.45) is 0.508. The van der Waals surface area contributed by atoms with E-state index in [-0.39, 0.29) is 23.9 Å². The summed E-state index contributed by atoms with van der Waals surface area (Å²) in [6.45, 7) is 5.77. The van der Waals surface area contributed by atoms with E-state index in [1.807, 2.05) is 61.5 Å². The van der Waals surface area contributed by atoms with Crippen LogP contribution in [0.2, 0.25) is 5.02 Å². The molecule has 0 saturated carbocycles. The van der Waals surface area contributed by atoms with E-state index in [2.05, 4.69) is 5.32 Å². The Bertz CT molecular complexity index is 1190. The number of aryl methyl sites for hydroxylation is 3. The van der Waals surface area contributed by atoms with Crippen molar-refractivity contribution >= 4 is 27.5 Å². The van der Waals surface area contributed by atoms with Crippen molar-refractivity contribution in [2.75, 3.05) is 13.1 Å². The maximum absolute atomic E-state index is 13.7. The van der Waals surface area contributed by atoms with Crippen LogP contribution in [0, 0.1) is 20.8 Å². The smallest absolute Gasteiger partial charge is 0.244 e. The molecule has 33 heavy (non-hydrogen) atoms. The summed E-state index contributed by atoms with van der Waals surface area (Å²) in [5.74, 6) is -0.357. The number of halogens is 1. The zero-order chi connectivity index (χ0) is 24.0. The minimum absolute atomic E-state index is 0.202. The van der Waals surface area contributed by atoms with Gasteiger partial charge in [-0.05, 0) is 61.6 Å². The Morgan fingerprint density at radius 1 is 0.909 bits per heavy atom. The number of benzene rings is 3. The normalized spacial score (nSPS) is 11.5. The van der Waals surface area contributed by atoms with E-state index in [1.54, 1.807) is 26.0 Å². The fourth-order valence-electron chi connectivity index (χ4n) is 3.90. The average Bonchev–Trinajstić information content (AvgIpc) is 2.76. The summed E-state index contributed by atoms with van der Waals surface area (Å²) < 4.78 is 28.6. The Morgan fingerprint density at radius 2 is 1.52 bits per heavy atom. The highest BCUT2D eigenvalue weighted by Crippen LogP contribution is 2.25. The van der Waals surface area contributed by atoms with Crippen molar-refractivity contribution in [3.8, 4) is 0 Å². The highest BCUT2D eigenvalue weighted by Gasteiger charge is 2.29. The zero-order valence-electron chi connectivity index (χ0n) is 19.1. The van der Waals surface area contributed by atoms with E-state index in [1.165, 1.54) is 4.31 Å². The number of nitrogens with zero attached hydrogens (tertiary/aromatic N) is 1. The number of amides is 1. The van der Waals surface area contributed by atoms with Crippen LogP contribution in [-0.2, 0) is 27.8 Å². The van der Waals surface area contributed by atoms with Crippen molar-refractivity contribution in [1.29, 1.82) is 0 Å². The Labute approximate surface area is 201 Å². The first-order valence-corrected chi connectivity index (χ1v) is 12.6. The molecule has 0 heterocycles. The molecular weight excluding hydrogens is 456 g/mol. The molecule has 0 saturated heterocycles. The van der Waals surface area contributed by atoms with Gasteiger partial charge < -0.3 is 5.32 Å². The summed E-state index contributed by atoms with van der Waals surface area (Å²) in [6, 6.07) is 20.5. The SMILES string of the molecule is Cc1cc(C)c(S(=O)(=O)N(CCc2ccccc2)CC(=O)NCc2ccc(Cl)cc2)c(C)c1. The number of nitrogens with one attached hydrogen (secondary N) is 1. The van der Waals surface area contributed by atoms with Crippen LogP contribution in [0.3, 0.4) is 0 Å². The average molecular weight is 485 g/mol. The second-order valence-electron chi connectivity index (χ2n) is 8.21. The Kier molecular flexibility index (Phi) is 8.30. The number of rotatable bonds is 9. The summed E-state index contributed by atoms with van der Waals surface area (Å²) in [5, 5.41) is 3.44. The molecule has 0 aliphatic carbocycles. The Balaban J connectivity index is 1.82. The molecule has 0 aliphatic rings. The van der Waals surface area contributed by atoms with Crippen LogP contribution in [0.5, 0.6) is 0 Å². The van der Waals surface area contributed by atoms with Gasteiger partial charge in [-0.25, -0.2) is 8.42 Å². The predicted molar refractivity (Wildman–Crippen MR) is 133 cm³/mol. The van der Waals surface area contributed by atoms with Crippen molar-refractivity contribution < 1.29 is 13.2 Å². The summed E-state index contributed by atoms with van der Waals surface area (Å²) in [5.41, 5.74) is 4.26. The van der Waals surface area contributed by atoms with Gasteiger partial charge in [0.25, 0.3) is 0 Å². The van der Waals surface area contributed by atoms with Crippen LogP contribution in [0.15, 0.2) is 71.6 Å². The van der Waals surface area contributed by atoms with E-state index >= 15 is 0 Å². The lowest BCUT2D eigenvalue weighted by Gasteiger charge is -2.24. The molecular formula is C26H29ClN2O3S. The number of carbonyl (C=O) groups is 1. The van der Waals surface area contributed by atoms with Gasteiger partial charge in [0.05, 0.1) is 11.4 Å². The molecule has 0 radical (unpaired) electrons. The standard InChI is InChI=1S/C26H29ClN2O3S/c1-19-15-20(2)26(21(3)16-19)33(31,32)29(14-13-22-7-5-4-6-8-22)18-25(30)28-17-23-9-11-24(27)12-10-23/h4-12,15-16H,13-14,17-18H2,1-3H3,(H,28,30). The van der Waals surface area contributed by atoms with Gasteiger partial charge in [0.1, 0.15) is 0 Å². The maximum atomic E-state index is 13.7. The number of hydrogen-bond acceptors (Lipinski definition) is 3. The van der Waals surface area contributed by atoms with Gasteiger partial charge in [-0.15, -0.1) is 0 Å². The number of hydrogen-bond donors (Lipinski definition) is 1. The van der Waals surface area contributed by atoms with Crippen LogP contribution in [-0.4, -0.2) is 31.7 Å². The van der Waals surface area contributed by atoms with E-state index in [0.717, 1.165) is 16.7 Å². The fraction of sp³-hybridized carbons (Fsp3) is 0.269. The molecule has 5 nitrogen and oxygen atoms in total. The second-order valence-corrected chi connectivity index (χ2v) is 10.5. The van der Waals surface area contributed by atoms with E-state index in [4.69, 9.17) is 11.6 Å². The van der Waals surface area contributed by atoms with Gasteiger partial charge in [-0.3, -0.25) is 4.79 Å². The molecule has 1 N–H and O–H groups in total. The summed E-state index contributed by atoms with van der Waals surface area (Å²) in [7, 11) is -3.88. The van der Waals surface area contributed by atoms with Gasteiger partial charge >= 0.3 is 0 Å². The van der Waals surface area contributed by atoms with Crippen LogP contribution in [0.1, 0.15) is 27.8 Å². The molecule has 7 heteroatoms. The zero-order valence-corrected chi connectivity index (χ0v) is 20.7. The van der Waals surface area contributed by atoms with Crippen LogP contribution < -0.4 is 5.32 Å². The van der Waals surface area contributed by atoms with Crippen molar-refractivity contribution in [2.24, 2.45) is 0 Å². The molecule has 0 aliphatic heterocycles. The molecule has 3 aromatic rings. The molecule has 3 aromatic carbocycles. The number of carbonyl (C=O) groups excluding carboxylic acids is 1. The minimum atomic E-state index is -3.88. The Morgan fingerprint density at radius 3 is 2.12 bits per heavy atom. The molecule has 0 aromatic heterocycles. The number of sulfonamides is 1. The third-order valence-electron chi connectivity index (χ3n) is 5.42.